The van der Waals surface area contributed by atoms with Crippen LogP contribution in [-0.2, 0) is 9.53 Å². The van der Waals surface area contributed by atoms with E-state index in [9.17, 15) is 4.79 Å². The largest absolute Gasteiger partial charge is 0.469 e. The van der Waals surface area contributed by atoms with Crippen LogP contribution in [-0.4, -0.2) is 69.6 Å². The third-order valence-electron chi connectivity index (χ3n) is 4.49. The number of carbonyl (C=O) groups excluding carboxylic acids is 1. The van der Waals surface area contributed by atoms with Crippen molar-refractivity contribution < 1.29 is 9.53 Å². The molecule has 25 heavy (non-hydrogen) atoms. The SMILES string of the molecule is CN=C(NCC(c1cccs1)N(C)C)N1CCC(C(=O)OC)CC1.I. The van der Waals surface area contributed by atoms with E-state index in [1.807, 2.05) is 7.05 Å². The van der Waals surface area contributed by atoms with Gasteiger partial charge >= 0.3 is 5.97 Å². The number of thiophene rings is 1. The number of nitrogens with zero attached hydrogens (tertiary/aromatic N) is 3. The first kappa shape index (κ1) is 22.2. The number of ether oxygens (including phenoxy) is 1. The number of hydrogen-bond acceptors (Lipinski definition) is 5. The normalized spacial score (nSPS) is 17.2. The van der Waals surface area contributed by atoms with Crippen LogP contribution in [0.1, 0.15) is 23.8 Å². The van der Waals surface area contributed by atoms with Gasteiger partial charge in [0.25, 0.3) is 0 Å². The van der Waals surface area contributed by atoms with Crippen molar-refractivity contribution in [1.82, 2.24) is 15.1 Å². The zero-order valence-corrected chi connectivity index (χ0v) is 18.5. The summed E-state index contributed by atoms with van der Waals surface area (Å²) in [5.74, 6) is 0.828. The number of methoxy groups -OCH3 is 1. The molecular formula is C17H29IN4O2S. The maximum Gasteiger partial charge on any atom is 0.308 e. The van der Waals surface area contributed by atoms with Crippen LogP contribution in [0.4, 0.5) is 0 Å². The van der Waals surface area contributed by atoms with Crippen LogP contribution in [0.15, 0.2) is 22.5 Å². The van der Waals surface area contributed by atoms with E-state index in [2.05, 4.69) is 51.7 Å². The van der Waals surface area contributed by atoms with E-state index < -0.39 is 0 Å². The maximum absolute atomic E-state index is 11.6. The monoisotopic (exact) mass is 480 g/mol. The van der Waals surface area contributed by atoms with Gasteiger partial charge in [-0.15, -0.1) is 35.3 Å². The molecule has 0 radical (unpaired) electrons. The quantitative estimate of drug-likeness (QED) is 0.304. The number of nitrogens with one attached hydrogen (secondary N) is 1. The minimum atomic E-state index is -0.0945. The fourth-order valence-corrected chi connectivity index (χ4v) is 3.96. The van der Waals surface area contributed by atoms with Crippen LogP contribution >= 0.6 is 35.3 Å². The predicted molar refractivity (Wildman–Crippen MR) is 114 cm³/mol. The lowest BCUT2D eigenvalue weighted by molar-refractivity contribution is -0.146. The average molecular weight is 480 g/mol. The second-order valence-corrected chi connectivity index (χ2v) is 7.19. The Bertz CT molecular complexity index is 543. The van der Waals surface area contributed by atoms with Crippen LogP contribution in [0.5, 0.6) is 0 Å². The highest BCUT2D eigenvalue weighted by molar-refractivity contribution is 14.0. The predicted octanol–water partition coefficient (Wildman–Crippen LogP) is 2.43. The lowest BCUT2D eigenvalue weighted by Crippen LogP contribution is -2.48. The number of piperidine rings is 1. The van der Waals surface area contributed by atoms with Crippen molar-refractivity contribution in [2.24, 2.45) is 10.9 Å². The number of carbonyl (C=O) groups is 1. The van der Waals surface area contributed by atoms with E-state index in [0.717, 1.165) is 38.4 Å². The number of guanidine groups is 1. The van der Waals surface area contributed by atoms with E-state index in [4.69, 9.17) is 4.74 Å². The van der Waals surface area contributed by atoms with Gasteiger partial charge in [0.05, 0.1) is 19.1 Å². The maximum atomic E-state index is 11.6. The lowest BCUT2D eigenvalue weighted by Gasteiger charge is -2.34. The molecule has 1 unspecified atom stereocenters. The van der Waals surface area contributed by atoms with Gasteiger partial charge < -0.3 is 19.9 Å². The fraction of sp³-hybridized carbons (Fsp3) is 0.647. The summed E-state index contributed by atoms with van der Waals surface area (Å²) in [6.45, 7) is 2.45. The Balaban J connectivity index is 0.00000312. The number of likely N-dealkylation sites (N-methyl/N-ethyl adjacent to an activating group) is 1. The fourth-order valence-electron chi connectivity index (χ4n) is 3.03. The molecule has 1 aliphatic heterocycles. The minimum absolute atomic E-state index is 0. The van der Waals surface area contributed by atoms with Gasteiger partial charge in [0, 0.05) is 31.6 Å². The Morgan fingerprint density at radius 1 is 1.48 bits per heavy atom. The van der Waals surface area contributed by atoms with Gasteiger partial charge in [0.15, 0.2) is 5.96 Å². The first-order chi connectivity index (χ1) is 11.6. The summed E-state index contributed by atoms with van der Waals surface area (Å²) < 4.78 is 4.85. The smallest absolute Gasteiger partial charge is 0.308 e. The van der Waals surface area contributed by atoms with Gasteiger partial charge in [-0.05, 0) is 38.4 Å². The Labute approximate surface area is 171 Å². The van der Waals surface area contributed by atoms with Crippen LogP contribution in [0.3, 0.4) is 0 Å². The summed E-state index contributed by atoms with van der Waals surface area (Å²) in [6.07, 6.45) is 1.63. The molecule has 0 bridgehead atoms. The zero-order chi connectivity index (χ0) is 17.5. The Hall–Kier alpha value is -0.870. The van der Waals surface area contributed by atoms with Crippen LogP contribution in [0.2, 0.25) is 0 Å². The molecule has 0 aliphatic carbocycles. The molecule has 1 aliphatic rings. The summed E-state index contributed by atoms with van der Waals surface area (Å²) in [5.41, 5.74) is 0. The lowest BCUT2D eigenvalue weighted by atomic mass is 9.97. The topological polar surface area (TPSA) is 57.2 Å². The number of hydrogen-bond donors (Lipinski definition) is 1. The summed E-state index contributed by atoms with van der Waals surface area (Å²) >= 11 is 1.77. The Morgan fingerprint density at radius 2 is 2.16 bits per heavy atom. The standard InChI is InChI=1S/C17H28N4O2S.HI/c1-18-17(21-9-7-13(8-10-21)16(22)23-4)19-12-14(20(2)3)15-6-5-11-24-15;/h5-6,11,13-14H,7-10,12H2,1-4H3,(H,18,19);1H. The molecule has 1 saturated heterocycles. The third-order valence-corrected chi connectivity index (χ3v) is 5.46. The molecule has 0 spiro atoms. The third kappa shape index (κ3) is 6.10. The molecule has 8 heteroatoms. The molecule has 6 nitrogen and oxygen atoms in total. The molecule has 0 aromatic carbocycles. The van der Waals surface area contributed by atoms with E-state index in [1.54, 1.807) is 11.3 Å². The molecule has 1 aromatic heterocycles. The average Bonchev–Trinajstić information content (AvgIpc) is 3.12. The van der Waals surface area contributed by atoms with Crippen LogP contribution in [0.25, 0.3) is 0 Å². The number of aliphatic imine (C=N–C) groups is 1. The Kier molecular flexibility index (Phi) is 9.73. The molecule has 0 saturated carbocycles. The Morgan fingerprint density at radius 3 is 2.64 bits per heavy atom. The first-order valence-corrected chi connectivity index (χ1v) is 9.18. The van der Waals surface area contributed by atoms with Crippen molar-refractivity contribution in [1.29, 1.82) is 0 Å². The van der Waals surface area contributed by atoms with Crippen LogP contribution < -0.4 is 5.32 Å². The van der Waals surface area contributed by atoms with Crippen molar-refractivity contribution >= 4 is 47.2 Å². The summed E-state index contributed by atoms with van der Waals surface area (Å²) in [5, 5.41) is 5.60. The van der Waals surface area contributed by atoms with Gasteiger partial charge in [0.2, 0.25) is 0 Å². The van der Waals surface area contributed by atoms with Gasteiger partial charge in [-0.3, -0.25) is 9.79 Å². The van der Waals surface area contributed by atoms with Gasteiger partial charge in [0.1, 0.15) is 0 Å². The second-order valence-electron chi connectivity index (χ2n) is 6.21. The van der Waals surface area contributed by atoms with Crippen molar-refractivity contribution in [3.8, 4) is 0 Å². The molecule has 1 atom stereocenters. The number of esters is 1. The highest BCUT2D eigenvalue weighted by Crippen LogP contribution is 2.23. The number of likely N-dealkylation sites (tertiary alicyclic amines) is 1. The number of rotatable bonds is 5. The molecular weight excluding hydrogens is 451 g/mol. The van der Waals surface area contributed by atoms with Crippen molar-refractivity contribution in [2.45, 2.75) is 18.9 Å². The van der Waals surface area contributed by atoms with E-state index in [0.29, 0.717) is 6.04 Å². The van der Waals surface area contributed by atoms with E-state index in [-0.39, 0.29) is 35.9 Å². The highest BCUT2D eigenvalue weighted by Gasteiger charge is 2.27. The molecule has 1 aromatic rings. The molecule has 2 rings (SSSR count). The molecule has 2 heterocycles. The van der Waals surface area contributed by atoms with E-state index >= 15 is 0 Å². The van der Waals surface area contributed by atoms with E-state index in [1.165, 1.54) is 12.0 Å². The van der Waals surface area contributed by atoms with Gasteiger partial charge in [-0.2, -0.15) is 0 Å². The van der Waals surface area contributed by atoms with Gasteiger partial charge in [-0.25, -0.2) is 0 Å². The highest BCUT2D eigenvalue weighted by atomic mass is 127. The second kappa shape index (κ2) is 11.0. The summed E-state index contributed by atoms with van der Waals surface area (Å²) in [4.78, 5) is 21.8. The minimum Gasteiger partial charge on any atom is -0.469 e. The molecule has 1 fully saturated rings. The van der Waals surface area contributed by atoms with Crippen molar-refractivity contribution in [2.75, 3.05) is 47.9 Å². The summed E-state index contributed by atoms with van der Waals surface area (Å²) in [6, 6.07) is 4.57. The van der Waals surface area contributed by atoms with Gasteiger partial charge in [-0.1, -0.05) is 6.07 Å². The molecule has 0 amide bonds. The zero-order valence-electron chi connectivity index (χ0n) is 15.4. The molecule has 142 valence electrons. The summed E-state index contributed by atoms with van der Waals surface area (Å²) in [7, 11) is 7.46. The van der Waals surface area contributed by atoms with Crippen molar-refractivity contribution in [3.05, 3.63) is 22.4 Å². The number of halogens is 1. The van der Waals surface area contributed by atoms with Crippen LogP contribution in [0, 0.1) is 5.92 Å². The molecule has 1 N–H and O–H groups in total. The first-order valence-electron chi connectivity index (χ1n) is 8.30. The van der Waals surface area contributed by atoms with Crippen molar-refractivity contribution in [3.63, 3.8) is 0 Å².